The molecule has 0 spiro atoms. The van der Waals surface area contributed by atoms with Crippen LogP contribution >= 0.6 is 27.3 Å². The van der Waals surface area contributed by atoms with Crippen molar-refractivity contribution in [2.24, 2.45) is 5.92 Å². The molecular formula is C17H16BrN3OS. The lowest BCUT2D eigenvalue weighted by Crippen LogP contribution is -2.28. The highest BCUT2D eigenvalue weighted by molar-refractivity contribution is 9.11. The van der Waals surface area contributed by atoms with E-state index in [2.05, 4.69) is 31.2 Å². The van der Waals surface area contributed by atoms with Crippen LogP contribution in [0.2, 0.25) is 0 Å². The van der Waals surface area contributed by atoms with E-state index in [0.717, 1.165) is 31.9 Å². The van der Waals surface area contributed by atoms with Gasteiger partial charge in [-0.1, -0.05) is 12.1 Å². The summed E-state index contributed by atoms with van der Waals surface area (Å²) in [5, 5.41) is 3.11. The van der Waals surface area contributed by atoms with Gasteiger partial charge in [0.1, 0.15) is 5.82 Å². The minimum Gasteiger partial charge on any atom is -0.349 e. The van der Waals surface area contributed by atoms with Gasteiger partial charge in [-0.05, 0) is 53.5 Å². The highest BCUT2D eigenvalue weighted by Gasteiger charge is 2.46. The van der Waals surface area contributed by atoms with Gasteiger partial charge in [0.05, 0.1) is 20.9 Å². The van der Waals surface area contributed by atoms with Crippen molar-refractivity contribution in [3.8, 4) is 0 Å². The summed E-state index contributed by atoms with van der Waals surface area (Å²) < 4.78 is 1.08. The molecule has 6 heteroatoms. The van der Waals surface area contributed by atoms with Crippen molar-refractivity contribution in [1.82, 2.24) is 15.3 Å². The van der Waals surface area contributed by atoms with Crippen LogP contribution in [-0.4, -0.2) is 15.9 Å². The smallest absolute Gasteiger partial charge is 0.224 e. The number of aromatic nitrogens is 2. The molecule has 1 amide bonds. The number of H-pyrrole nitrogens is 1. The Labute approximate surface area is 146 Å². The fourth-order valence-electron chi connectivity index (χ4n) is 2.89. The molecule has 118 valence electrons. The standard InChI is InChI=1S/C17H16BrN3OS/c1-9(14-6-7-15(18)23-14)19-17(22)11-8-10(11)16-20-12-4-2-3-5-13(12)21-16/h2-7,9-11H,8H2,1H3,(H,19,22)(H,20,21)/t9-,10?,11?/m1/s1. The van der Waals surface area contributed by atoms with Gasteiger partial charge in [-0.25, -0.2) is 4.98 Å². The molecule has 3 atom stereocenters. The number of imidazole rings is 1. The van der Waals surface area contributed by atoms with Crippen molar-refractivity contribution < 1.29 is 4.79 Å². The highest BCUT2D eigenvalue weighted by atomic mass is 79.9. The highest BCUT2D eigenvalue weighted by Crippen LogP contribution is 2.47. The third-order valence-corrected chi connectivity index (χ3v) is 6.07. The van der Waals surface area contributed by atoms with Crippen molar-refractivity contribution >= 4 is 44.2 Å². The Hall–Kier alpha value is -1.66. The summed E-state index contributed by atoms with van der Waals surface area (Å²) >= 11 is 5.11. The SMILES string of the molecule is C[C@@H](NC(=O)C1CC1c1nc2ccccc2[nH]1)c1ccc(Br)s1. The van der Waals surface area contributed by atoms with Gasteiger partial charge in [0.15, 0.2) is 0 Å². The van der Waals surface area contributed by atoms with Crippen molar-refractivity contribution in [2.75, 3.05) is 0 Å². The van der Waals surface area contributed by atoms with Gasteiger partial charge < -0.3 is 10.3 Å². The number of rotatable bonds is 4. The topological polar surface area (TPSA) is 57.8 Å². The van der Waals surface area contributed by atoms with Crippen LogP contribution < -0.4 is 5.32 Å². The molecule has 0 bridgehead atoms. The fourth-order valence-corrected chi connectivity index (χ4v) is 4.31. The predicted octanol–water partition coefficient (Wildman–Crippen LogP) is 4.37. The van der Waals surface area contributed by atoms with Gasteiger partial charge in [0.2, 0.25) is 5.91 Å². The van der Waals surface area contributed by atoms with Gasteiger partial charge in [-0.15, -0.1) is 11.3 Å². The van der Waals surface area contributed by atoms with E-state index < -0.39 is 0 Å². The summed E-state index contributed by atoms with van der Waals surface area (Å²) in [6, 6.07) is 12.1. The van der Waals surface area contributed by atoms with Gasteiger partial charge in [-0.2, -0.15) is 0 Å². The van der Waals surface area contributed by atoms with Gasteiger partial charge in [0.25, 0.3) is 0 Å². The van der Waals surface area contributed by atoms with Crippen LogP contribution in [0.25, 0.3) is 11.0 Å². The molecule has 4 rings (SSSR count). The maximum atomic E-state index is 12.4. The zero-order chi connectivity index (χ0) is 16.0. The van der Waals surface area contributed by atoms with Crippen molar-refractivity contribution in [3.05, 3.63) is 50.9 Å². The predicted molar refractivity (Wildman–Crippen MR) is 95.5 cm³/mol. The second kappa shape index (κ2) is 5.76. The van der Waals surface area contributed by atoms with E-state index in [1.54, 1.807) is 11.3 Å². The number of nitrogens with one attached hydrogen (secondary N) is 2. The molecule has 2 unspecified atom stereocenters. The number of benzene rings is 1. The number of carbonyl (C=O) groups excluding carboxylic acids is 1. The fraction of sp³-hybridized carbons (Fsp3) is 0.294. The van der Waals surface area contributed by atoms with E-state index in [9.17, 15) is 4.79 Å². The van der Waals surface area contributed by atoms with Crippen LogP contribution in [0.15, 0.2) is 40.2 Å². The van der Waals surface area contributed by atoms with Crippen LogP contribution in [-0.2, 0) is 4.79 Å². The Morgan fingerprint density at radius 3 is 2.96 bits per heavy atom. The van der Waals surface area contributed by atoms with Crippen molar-refractivity contribution in [2.45, 2.75) is 25.3 Å². The number of thiophene rings is 1. The maximum absolute atomic E-state index is 12.4. The van der Waals surface area contributed by atoms with Crippen LogP contribution in [0, 0.1) is 5.92 Å². The molecule has 2 N–H and O–H groups in total. The van der Waals surface area contributed by atoms with Gasteiger partial charge >= 0.3 is 0 Å². The van der Waals surface area contributed by atoms with Crippen LogP contribution in [0.5, 0.6) is 0 Å². The minimum absolute atomic E-state index is 0.0291. The Morgan fingerprint density at radius 2 is 2.22 bits per heavy atom. The lowest BCUT2D eigenvalue weighted by atomic mass is 10.2. The van der Waals surface area contributed by atoms with E-state index in [4.69, 9.17) is 0 Å². The van der Waals surface area contributed by atoms with Crippen LogP contribution in [0.1, 0.15) is 36.0 Å². The second-order valence-corrected chi connectivity index (χ2v) is 8.45. The number of para-hydroxylation sites is 2. The first-order valence-electron chi connectivity index (χ1n) is 7.62. The van der Waals surface area contributed by atoms with E-state index in [0.29, 0.717) is 0 Å². The van der Waals surface area contributed by atoms with E-state index >= 15 is 0 Å². The molecule has 1 aliphatic rings. The van der Waals surface area contributed by atoms with Gasteiger partial charge in [0, 0.05) is 16.7 Å². The lowest BCUT2D eigenvalue weighted by Gasteiger charge is -2.11. The normalized spacial score (nSPS) is 21.3. The molecule has 2 aromatic heterocycles. The first-order valence-corrected chi connectivity index (χ1v) is 9.23. The first kappa shape index (κ1) is 14.9. The van der Waals surface area contributed by atoms with Crippen molar-refractivity contribution in [3.63, 3.8) is 0 Å². The molecule has 1 aromatic carbocycles. The molecule has 23 heavy (non-hydrogen) atoms. The molecular weight excluding hydrogens is 374 g/mol. The molecule has 3 aromatic rings. The number of halogens is 1. The summed E-state index contributed by atoms with van der Waals surface area (Å²) in [6.45, 7) is 2.02. The molecule has 0 aliphatic heterocycles. The Kier molecular flexibility index (Phi) is 3.73. The number of hydrogen-bond acceptors (Lipinski definition) is 3. The molecule has 2 heterocycles. The largest absolute Gasteiger partial charge is 0.349 e. The number of fused-ring (bicyclic) bond motifs is 1. The first-order chi connectivity index (χ1) is 11.1. The number of amides is 1. The number of nitrogens with zero attached hydrogens (tertiary/aromatic N) is 1. The van der Waals surface area contributed by atoms with Crippen LogP contribution in [0.4, 0.5) is 0 Å². The quantitative estimate of drug-likeness (QED) is 0.695. The second-order valence-electron chi connectivity index (χ2n) is 5.96. The molecule has 0 radical (unpaired) electrons. The lowest BCUT2D eigenvalue weighted by molar-refractivity contribution is -0.123. The van der Waals surface area contributed by atoms with E-state index in [-0.39, 0.29) is 23.8 Å². The molecule has 0 saturated heterocycles. The number of aromatic amines is 1. The summed E-state index contributed by atoms with van der Waals surface area (Å²) in [5.74, 6) is 1.29. The Balaban J connectivity index is 1.43. The Morgan fingerprint density at radius 1 is 1.39 bits per heavy atom. The summed E-state index contributed by atoms with van der Waals surface area (Å²) in [5.41, 5.74) is 2.00. The molecule has 1 fully saturated rings. The summed E-state index contributed by atoms with van der Waals surface area (Å²) in [6.07, 6.45) is 0.868. The number of hydrogen-bond donors (Lipinski definition) is 2. The number of carbonyl (C=O) groups is 1. The maximum Gasteiger partial charge on any atom is 0.224 e. The summed E-state index contributed by atoms with van der Waals surface area (Å²) in [4.78, 5) is 21.5. The average molecular weight is 390 g/mol. The van der Waals surface area contributed by atoms with E-state index in [1.165, 1.54) is 0 Å². The minimum atomic E-state index is 0.0291. The third kappa shape index (κ3) is 2.93. The average Bonchev–Trinajstić information content (AvgIpc) is 3.03. The third-order valence-electron chi connectivity index (χ3n) is 4.27. The van der Waals surface area contributed by atoms with Crippen molar-refractivity contribution in [1.29, 1.82) is 0 Å². The molecule has 1 saturated carbocycles. The van der Waals surface area contributed by atoms with Crippen LogP contribution in [0.3, 0.4) is 0 Å². The zero-order valence-electron chi connectivity index (χ0n) is 12.5. The zero-order valence-corrected chi connectivity index (χ0v) is 14.9. The molecule has 4 nitrogen and oxygen atoms in total. The summed E-state index contributed by atoms with van der Waals surface area (Å²) in [7, 11) is 0. The van der Waals surface area contributed by atoms with E-state index in [1.807, 2.05) is 43.3 Å². The molecule has 1 aliphatic carbocycles. The Bertz CT molecular complexity index is 838. The van der Waals surface area contributed by atoms with Gasteiger partial charge in [-0.3, -0.25) is 4.79 Å². The monoisotopic (exact) mass is 389 g/mol.